The van der Waals surface area contributed by atoms with E-state index in [0.717, 1.165) is 11.3 Å². The van der Waals surface area contributed by atoms with Crippen molar-refractivity contribution >= 4 is 23.5 Å². The second-order valence-corrected chi connectivity index (χ2v) is 5.20. The number of hydrazone groups is 1. The van der Waals surface area contributed by atoms with Crippen molar-refractivity contribution in [3.05, 3.63) is 63.7 Å². The third-order valence-electron chi connectivity index (χ3n) is 3.31. The van der Waals surface area contributed by atoms with Crippen LogP contribution in [0.3, 0.4) is 0 Å². The first-order valence-electron chi connectivity index (χ1n) is 7.44. The molecule has 0 unspecified atom stereocenters. The average molecular weight is 342 g/mol. The number of amides is 1. The van der Waals surface area contributed by atoms with Crippen LogP contribution in [0.4, 0.5) is 11.4 Å². The molecule has 25 heavy (non-hydrogen) atoms. The second-order valence-electron chi connectivity index (χ2n) is 5.20. The highest BCUT2D eigenvalue weighted by Gasteiger charge is 2.14. The molecule has 0 aliphatic rings. The molecule has 0 aliphatic heterocycles. The van der Waals surface area contributed by atoms with E-state index in [1.54, 1.807) is 6.07 Å². The van der Waals surface area contributed by atoms with E-state index in [1.807, 2.05) is 31.2 Å². The molecule has 8 heteroatoms. The summed E-state index contributed by atoms with van der Waals surface area (Å²) in [7, 11) is 1.36. The Hall–Kier alpha value is -3.42. The first-order chi connectivity index (χ1) is 12.0. The maximum absolute atomic E-state index is 11.7. The van der Waals surface area contributed by atoms with Gasteiger partial charge in [-0.15, -0.1) is 0 Å². The molecule has 8 nitrogen and oxygen atoms in total. The summed E-state index contributed by atoms with van der Waals surface area (Å²) in [5.74, 6) is -0.173. The first-order valence-corrected chi connectivity index (χ1v) is 7.44. The normalized spacial score (nSPS) is 10.5. The Bertz CT molecular complexity index is 788. The lowest BCUT2D eigenvalue weighted by molar-refractivity contribution is -0.385. The quantitative estimate of drug-likeness (QED) is 0.457. The van der Waals surface area contributed by atoms with Crippen LogP contribution in [0.5, 0.6) is 5.75 Å². The summed E-state index contributed by atoms with van der Waals surface area (Å²) in [6, 6.07) is 12.0. The van der Waals surface area contributed by atoms with Gasteiger partial charge in [0.1, 0.15) is 0 Å². The third-order valence-corrected chi connectivity index (χ3v) is 3.31. The predicted octanol–water partition coefficient (Wildman–Crippen LogP) is 2.47. The van der Waals surface area contributed by atoms with Gasteiger partial charge in [0, 0.05) is 17.3 Å². The second kappa shape index (κ2) is 8.44. The van der Waals surface area contributed by atoms with E-state index in [4.69, 9.17) is 4.74 Å². The number of carbonyl (C=O) groups excluding carboxylic acids is 1. The van der Waals surface area contributed by atoms with Crippen molar-refractivity contribution in [3.63, 3.8) is 0 Å². The van der Waals surface area contributed by atoms with Crippen molar-refractivity contribution in [1.29, 1.82) is 0 Å². The summed E-state index contributed by atoms with van der Waals surface area (Å²) in [5.41, 5.74) is 4.62. The number of nitrogens with zero attached hydrogens (tertiary/aromatic N) is 2. The Morgan fingerprint density at radius 2 is 2.00 bits per heavy atom. The number of ether oxygens (including phenoxy) is 1. The zero-order valence-corrected chi connectivity index (χ0v) is 13.9. The molecule has 0 fully saturated rings. The summed E-state index contributed by atoms with van der Waals surface area (Å²) >= 11 is 0. The molecule has 2 rings (SSSR count). The Kier molecular flexibility index (Phi) is 6.05. The number of rotatable bonds is 7. The molecule has 0 aliphatic carbocycles. The molecule has 1 amide bonds. The highest BCUT2D eigenvalue weighted by Crippen LogP contribution is 2.26. The van der Waals surface area contributed by atoms with E-state index in [9.17, 15) is 14.9 Å². The van der Waals surface area contributed by atoms with Crippen molar-refractivity contribution in [2.24, 2.45) is 5.10 Å². The van der Waals surface area contributed by atoms with Crippen LogP contribution in [0.25, 0.3) is 0 Å². The summed E-state index contributed by atoms with van der Waals surface area (Å²) in [6.45, 7) is 2.04. The van der Waals surface area contributed by atoms with Crippen molar-refractivity contribution in [2.75, 3.05) is 19.0 Å². The topological polar surface area (TPSA) is 106 Å². The van der Waals surface area contributed by atoms with Crippen molar-refractivity contribution in [1.82, 2.24) is 5.43 Å². The molecule has 0 heterocycles. The van der Waals surface area contributed by atoms with Crippen LogP contribution >= 0.6 is 0 Å². The van der Waals surface area contributed by atoms with E-state index < -0.39 is 4.92 Å². The van der Waals surface area contributed by atoms with Gasteiger partial charge in [0.25, 0.3) is 5.91 Å². The molecule has 0 bridgehead atoms. The number of nitro groups is 1. The molecule has 2 aromatic carbocycles. The minimum absolute atomic E-state index is 0.0587. The van der Waals surface area contributed by atoms with Crippen LogP contribution in [0, 0.1) is 17.0 Å². The average Bonchev–Trinajstić information content (AvgIpc) is 2.61. The van der Waals surface area contributed by atoms with Crippen LogP contribution in [0.1, 0.15) is 11.1 Å². The number of hydrogen-bond donors (Lipinski definition) is 2. The summed E-state index contributed by atoms with van der Waals surface area (Å²) < 4.78 is 4.92. The van der Waals surface area contributed by atoms with Gasteiger partial charge >= 0.3 is 5.69 Å². The maximum Gasteiger partial charge on any atom is 0.311 e. The van der Waals surface area contributed by atoms with E-state index in [0.29, 0.717) is 5.56 Å². The lowest BCUT2D eigenvalue weighted by atomic mass is 10.2. The number of carbonyl (C=O) groups is 1. The Labute approximate surface area is 144 Å². The van der Waals surface area contributed by atoms with Crippen LogP contribution in [-0.4, -0.2) is 30.7 Å². The Morgan fingerprint density at radius 1 is 1.28 bits per heavy atom. The van der Waals surface area contributed by atoms with Gasteiger partial charge in [0.15, 0.2) is 5.75 Å². The fourth-order valence-corrected chi connectivity index (χ4v) is 2.00. The Morgan fingerprint density at radius 3 is 2.64 bits per heavy atom. The number of aryl methyl sites for hydroxylation is 1. The smallest absolute Gasteiger partial charge is 0.311 e. The summed E-state index contributed by atoms with van der Waals surface area (Å²) in [5, 5.41) is 17.7. The van der Waals surface area contributed by atoms with Crippen LogP contribution < -0.4 is 15.5 Å². The number of methoxy groups -OCH3 is 1. The van der Waals surface area contributed by atoms with Gasteiger partial charge < -0.3 is 10.1 Å². The number of anilines is 1. The van der Waals surface area contributed by atoms with Gasteiger partial charge in [-0.25, -0.2) is 5.43 Å². The minimum atomic E-state index is -0.541. The lowest BCUT2D eigenvalue weighted by Crippen LogP contribution is -2.25. The monoisotopic (exact) mass is 342 g/mol. The van der Waals surface area contributed by atoms with E-state index in [1.165, 1.54) is 25.5 Å². The predicted molar refractivity (Wildman–Crippen MR) is 95.1 cm³/mol. The van der Waals surface area contributed by atoms with Gasteiger partial charge in [-0.3, -0.25) is 14.9 Å². The van der Waals surface area contributed by atoms with E-state index in [-0.39, 0.29) is 23.9 Å². The van der Waals surface area contributed by atoms with Gasteiger partial charge in [-0.05, 0) is 31.2 Å². The number of nitro benzene ring substituents is 1. The molecular weight excluding hydrogens is 324 g/mol. The van der Waals surface area contributed by atoms with E-state index in [2.05, 4.69) is 15.8 Å². The minimum Gasteiger partial charge on any atom is -0.490 e. The number of nitrogens with one attached hydrogen (secondary N) is 2. The van der Waals surface area contributed by atoms with Crippen molar-refractivity contribution in [2.45, 2.75) is 6.92 Å². The number of benzene rings is 2. The van der Waals surface area contributed by atoms with Crippen LogP contribution in [0.2, 0.25) is 0 Å². The molecule has 0 radical (unpaired) electrons. The standard InChI is InChI=1S/C17H18N4O4/c1-12-3-6-14(7-4-12)18-11-17(22)20-19-10-13-5-8-16(25-2)15(9-13)21(23)24/h3-10,18H,11H2,1-2H3,(H,20,22). The SMILES string of the molecule is COc1ccc(C=NNC(=O)CNc2ccc(C)cc2)cc1[N+](=O)[O-]. The Balaban J connectivity index is 1.89. The fourth-order valence-electron chi connectivity index (χ4n) is 2.00. The van der Waals surface area contributed by atoms with Gasteiger partial charge in [0.2, 0.25) is 0 Å². The highest BCUT2D eigenvalue weighted by molar-refractivity contribution is 5.85. The lowest BCUT2D eigenvalue weighted by Gasteiger charge is -2.05. The fraction of sp³-hybridized carbons (Fsp3) is 0.176. The molecule has 0 saturated carbocycles. The molecule has 2 N–H and O–H groups in total. The highest BCUT2D eigenvalue weighted by atomic mass is 16.6. The molecule has 2 aromatic rings. The van der Waals surface area contributed by atoms with Crippen LogP contribution in [-0.2, 0) is 4.79 Å². The third kappa shape index (κ3) is 5.31. The number of hydrogen-bond acceptors (Lipinski definition) is 6. The largest absolute Gasteiger partial charge is 0.490 e. The van der Waals surface area contributed by atoms with Crippen molar-refractivity contribution in [3.8, 4) is 5.75 Å². The van der Waals surface area contributed by atoms with Gasteiger partial charge in [-0.1, -0.05) is 17.7 Å². The van der Waals surface area contributed by atoms with Crippen molar-refractivity contribution < 1.29 is 14.5 Å². The first kappa shape index (κ1) is 17.9. The summed E-state index contributed by atoms with van der Waals surface area (Å²) in [4.78, 5) is 22.2. The molecule has 0 atom stereocenters. The van der Waals surface area contributed by atoms with Gasteiger partial charge in [0.05, 0.1) is 24.8 Å². The molecule has 0 spiro atoms. The van der Waals surface area contributed by atoms with Crippen LogP contribution in [0.15, 0.2) is 47.6 Å². The zero-order valence-electron chi connectivity index (χ0n) is 13.9. The van der Waals surface area contributed by atoms with E-state index >= 15 is 0 Å². The molecular formula is C17H18N4O4. The molecule has 130 valence electrons. The van der Waals surface area contributed by atoms with Gasteiger partial charge in [-0.2, -0.15) is 5.10 Å². The maximum atomic E-state index is 11.7. The summed E-state index contributed by atoms with van der Waals surface area (Å²) in [6.07, 6.45) is 1.33. The molecule has 0 aromatic heterocycles. The zero-order chi connectivity index (χ0) is 18.2. The molecule has 0 saturated heterocycles.